The summed E-state index contributed by atoms with van der Waals surface area (Å²) in [6.45, 7) is 2.25. The average Bonchev–Trinajstić information content (AvgIpc) is 2.81. The van der Waals surface area contributed by atoms with Gasteiger partial charge in [-0.05, 0) is 30.2 Å². The molecule has 1 aliphatic carbocycles. The molecule has 3 unspecified atom stereocenters. The molecule has 1 amide bonds. The fourth-order valence-electron chi connectivity index (χ4n) is 2.45. The predicted octanol–water partition coefficient (Wildman–Crippen LogP) is 2.44. The minimum absolute atomic E-state index is 0.0356. The number of thiophene rings is 1. The molecule has 1 aromatic heterocycles. The molecule has 3 nitrogen and oxygen atoms in total. The van der Waals surface area contributed by atoms with Crippen molar-refractivity contribution >= 4 is 17.2 Å². The molecule has 1 aromatic rings. The zero-order valence-corrected chi connectivity index (χ0v) is 11.0. The summed E-state index contributed by atoms with van der Waals surface area (Å²) in [7, 11) is 0. The molecular formula is C13H20N2OS. The van der Waals surface area contributed by atoms with Gasteiger partial charge < -0.3 is 11.1 Å². The van der Waals surface area contributed by atoms with Crippen molar-refractivity contribution in [3.8, 4) is 0 Å². The number of nitrogens with one attached hydrogen (secondary N) is 1. The van der Waals surface area contributed by atoms with E-state index in [1.165, 1.54) is 24.2 Å². The molecule has 1 saturated carbocycles. The molecule has 17 heavy (non-hydrogen) atoms. The summed E-state index contributed by atoms with van der Waals surface area (Å²) in [5, 5.41) is 5.03. The summed E-state index contributed by atoms with van der Waals surface area (Å²) < 4.78 is 0. The van der Waals surface area contributed by atoms with Gasteiger partial charge in [0.1, 0.15) is 6.04 Å². The molecule has 3 N–H and O–H groups in total. The van der Waals surface area contributed by atoms with Crippen LogP contribution in [0.3, 0.4) is 0 Å². The van der Waals surface area contributed by atoms with Crippen molar-refractivity contribution in [2.45, 2.75) is 44.7 Å². The Morgan fingerprint density at radius 2 is 2.41 bits per heavy atom. The topological polar surface area (TPSA) is 55.1 Å². The second-order valence-corrected chi connectivity index (χ2v) is 5.95. The van der Waals surface area contributed by atoms with Crippen molar-refractivity contribution in [2.75, 3.05) is 0 Å². The third-order valence-electron chi connectivity index (χ3n) is 3.41. The zero-order chi connectivity index (χ0) is 12.3. The van der Waals surface area contributed by atoms with E-state index in [0.29, 0.717) is 12.0 Å². The molecular weight excluding hydrogens is 232 g/mol. The van der Waals surface area contributed by atoms with Crippen LogP contribution >= 0.6 is 11.3 Å². The van der Waals surface area contributed by atoms with Crippen LogP contribution in [0.2, 0.25) is 0 Å². The summed E-state index contributed by atoms with van der Waals surface area (Å²) in [5.74, 6) is 0.679. The first kappa shape index (κ1) is 12.6. The van der Waals surface area contributed by atoms with Gasteiger partial charge >= 0.3 is 0 Å². The molecule has 94 valence electrons. The Morgan fingerprint density at radius 1 is 1.59 bits per heavy atom. The van der Waals surface area contributed by atoms with Crippen molar-refractivity contribution in [1.82, 2.24) is 5.32 Å². The molecule has 3 atom stereocenters. The normalized spacial score (nSPS) is 26.5. The Labute approximate surface area is 106 Å². The van der Waals surface area contributed by atoms with Crippen LogP contribution in [0.4, 0.5) is 0 Å². The van der Waals surface area contributed by atoms with Gasteiger partial charge in [-0.2, -0.15) is 0 Å². The van der Waals surface area contributed by atoms with Crippen molar-refractivity contribution < 1.29 is 4.79 Å². The predicted molar refractivity (Wildman–Crippen MR) is 70.8 cm³/mol. The quantitative estimate of drug-likeness (QED) is 0.868. The lowest BCUT2D eigenvalue weighted by atomic mass is 9.87. The summed E-state index contributed by atoms with van der Waals surface area (Å²) >= 11 is 1.54. The van der Waals surface area contributed by atoms with Crippen LogP contribution in [0, 0.1) is 5.92 Å². The van der Waals surface area contributed by atoms with Crippen molar-refractivity contribution in [2.24, 2.45) is 11.7 Å². The van der Waals surface area contributed by atoms with Gasteiger partial charge in [-0.25, -0.2) is 0 Å². The highest BCUT2D eigenvalue weighted by molar-refractivity contribution is 7.10. The third-order valence-corrected chi connectivity index (χ3v) is 4.37. The zero-order valence-electron chi connectivity index (χ0n) is 10.2. The van der Waals surface area contributed by atoms with E-state index in [1.807, 2.05) is 17.5 Å². The SMILES string of the molecule is CC1CCCC(NC(=O)C(N)c2cccs2)C1. The Kier molecular flexibility index (Phi) is 4.18. The minimum Gasteiger partial charge on any atom is -0.352 e. The molecule has 1 fully saturated rings. The standard InChI is InChI=1S/C13H20N2OS/c1-9-4-2-5-10(8-9)15-13(16)12(14)11-6-3-7-17-11/h3,6-7,9-10,12H,2,4-5,8,14H2,1H3,(H,15,16). The highest BCUT2D eigenvalue weighted by atomic mass is 32.1. The van der Waals surface area contributed by atoms with E-state index in [-0.39, 0.29) is 5.91 Å². The van der Waals surface area contributed by atoms with E-state index in [2.05, 4.69) is 12.2 Å². The third kappa shape index (κ3) is 3.30. The van der Waals surface area contributed by atoms with E-state index < -0.39 is 6.04 Å². The molecule has 2 rings (SSSR count). The van der Waals surface area contributed by atoms with Gasteiger partial charge in [-0.3, -0.25) is 4.79 Å². The first-order valence-corrected chi connectivity index (χ1v) is 7.14. The Balaban J connectivity index is 1.88. The highest BCUT2D eigenvalue weighted by Crippen LogP contribution is 2.24. The van der Waals surface area contributed by atoms with Crippen LogP contribution in [0.25, 0.3) is 0 Å². The van der Waals surface area contributed by atoms with Crippen LogP contribution in [-0.2, 0) is 4.79 Å². The van der Waals surface area contributed by atoms with Gasteiger partial charge in [0.25, 0.3) is 0 Å². The molecule has 0 saturated heterocycles. The lowest BCUT2D eigenvalue weighted by molar-refractivity contribution is -0.123. The van der Waals surface area contributed by atoms with Gasteiger partial charge in [-0.1, -0.05) is 25.8 Å². The van der Waals surface area contributed by atoms with E-state index in [1.54, 1.807) is 0 Å². The van der Waals surface area contributed by atoms with Crippen LogP contribution in [0.1, 0.15) is 43.5 Å². The van der Waals surface area contributed by atoms with E-state index >= 15 is 0 Å². The molecule has 0 bridgehead atoms. The maximum atomic E-state index is 12.0. The highest BCUT2D eigenvalue weighted by Gasteiger charge is 2.23. The molecule has 1 aliphatic rings. The maximum absolute atomic E-state index is 12.0. The van der Waals surface area contributed by atoms with E-state index in [9.17, 15) is 4.79 Å². The summed E-state index contributed by atoms with van der Waals surface area (Å²) in [4.78, 5) is 12.9. The number of amides is 1. The molecule has 0 aliphatic heterocycles. The molecule has 4 heteroatoms. The molecule has 1 heterocycles. The van der Waals surface area contributed by atoms with Crippen molar-refractivity contribution in [3.63, 3.8) is 0 Å². The van der Waals surface area contributed by atoms with Crippen LogP contribution in [0.15, 0.2) is 17.5 Å². The van der Waals surface area contributed by atoms with Gasteiger partial charge in [0.15, 0.2) is 0 Å². The molecule has 0 spiro atoms. The second-order valence-electron chi connectivity index (χ2n) is 4.97. The average molecular weight is 252 g/mol. The second kappa shape index (κ2) is 5.65. The van der Waals surface area contributed by atoms with Gasteiger partial charge in [0, 0.05) is 10.9 Å². The smallest absolute Gasteiger partial charge is 0.242 e. The Hall–Kier alpha value is -0.870. The Morgan fingerprint density at radius 3 is 3.06 bits per heavy atom. The number of hydrogen-bond acceptors (Lipinski definition) is 3. The number of hydrogen-bond donors (Lipinski definition) is 2. The first-order valence-electron chi connectivity index (χ1n) is 6.26. The van der Waals surface area contributed by atoms with Crippen molar-refractivity contribution in [1.29, 1.82) is 0 Å². The van der Waals surface area contributed by atoms with Gasteiger partial charge in [-0.15, -0.1) is 11.3 Å². The molecule has 0 aromatic carbocycles. The largest absolute Gasteiger partial charge is 0.352 e. The number of nitrogens with two attached hydrogens (primary N) is 1. The fourth-order valence-corrected chi connectivity index (χ4v) is 3.18. The maximum Gasteiger partial charge on any atom is 0.242 e. The summed E-state index contributed by atoms with van der Waals surface area (Å²) in [5.41, 5.74) is 5.93. The van der Waals surface area contributed by atoms with Crippen molar-refractivity contribution in [3.05, 3.63) is 22.4 Å². The van der Waals surface area contributed by atoms with Crippen LogP contribution in [0.5, 0.6) is 0 Å². The monoisotopic (exact) mass is 252 g/mol. The lowest BCUT2D eigenvalue weighted by Gasteiger charge is -2.28. The number of carbonyl (C=O) groups excluding carboxylic acids is 1. The lowest BCUT2D eigenvalue weighted by Crippen LogP contribution is -2.42. The van der Waals surface area contributed by atoms with Gasteiger partial charge in [0.05, 0.1) is 0 Å². The number of carbonyl (C=O) groups is 1. The fraction of sp³-hybridized carbons (Fsp3) is 0.615. The van der Waals surface area contributed by atoms with Crippen LogP contribution < -0.4 is 11.1 Å². The van der Waals surface area contributed by atoms with Gasteiger partial charge in [0.2, 0.25) is 5.91 Å². The Bertz CT molecular complexity index is 364. The van der Waals surface area contributed by atoms with Crippen LogP contribution in [-0.4, -0.2) is 11.9 Å². The first-order chi connectivity index (χ1) is 8.16. The minimum atomic E-state index is -0.507. The summed E-state index contributed by atoms with van der Waals surface area (Å²) in [6.07, 6.45) is 4.67. The molecule has 0 radical (unpaired) electrons. The van der Waals surface area contributed by atoms with E-state index in [4.69, 9.17) is 5.73 Å². The summed E-state index contributed by atoms with van der Waals surface area (Å²) in [6, 6.07) is 3.65. The van der Waals surface area contributed by atoms with E-state index in [0.717, 1.165) is 17.7 Å². The number of rotatable bonds is 3.